The highest BCUT2D eigenvalue weighted by Gasteiger charge is 2.54. The quantitative estimate of drug-likeness (QED) is 0.370. The van der Waals surface area contributed by atoms with Crippen molar-refractivity contribution in [1.82, 2.24) is 30.4 Å². The van der Waals surface area contributed by atoms with Crippen LogP contribution in [0.25, 0.3) is 5.57 Å². The van der Waals surface area contributed by atoms with Gasteiger partial charge in [-0.3, -0.25) is 24.1 Å². The number of β-lactam (4-membered cyclic amide) rings is 1. The van der Waals surface area contributed by atoms with E-state index in [2.05, 4.69) is 33.5 Å². The van der Waals surface area contributed by atoms with E-state index in [1.165, 1.54) is 16.7 Å². The molecule has 1 aromatic carbocycles. The number of carbonyl (C=O) groups excluding carboxylic acids is 3. The maximum absolute atomic E-state index is 12.8. The van der Waals surface area contributed by atoms with Crippen molar-refractivity contribution < 1.29 is 24.3 Å². The number of nitrogens with one attached hydrogen (secondary N) is 1. The maximum atomic E-state index is 12.8. The molecule has 1 saturated heterocycles. The first-order valence-electron chi connectivity index (χ1n) is 9.09. The van der Waals surface area contributed by atoms with E-state index in [-0.39, 0.29) is 29.6 Å². The molecular formula is C18H16N6O5S2. The van der Waals surface area contributed by atoms with Gasteiger partial charge in [0.15, 0.2) is 5.82 Å². The molecule has 0 radical (unpaired) electrons. The first-order valence-corrected chi connectivity index (χ1v) is 10.6. The number of rotatable bonds is 7. The van der Waals surface area contributed by atoms with Crippen LogP contribution < -0.4 is 5.32 Å². The second kappa shape index (κ2) is 8.51. The molecule has 13 heteroatoms. The predicted octanol–water partition coefficient (Wildman–Crippen LogP) is -0.432. The van der Waals surface area contributed by atoms with E-state index in [0.717, 1.165) is 10.2 Å². The lowest BCUT2D eigenvalue weighted by molar-refractivity contribution is -0.146. The molecule has 2 N–H and O–H groups in total. The summed E-state index contributed by atoms with van der Waals surface area (Å²) in [5.74, 6) is -1.60. The summed E-state index contributed by atoms with van der Waals surface area (Å²) in [4.78, 5) is 49.8. The monoisotopic (exact) mass is 460 g/mol. The Hall–Kier alpha value is -3.19. The molecular weight excluding hydrogens is 444 g/mol. The molecule has 0 bridgehead atoms. The minimum absolute atomic E-state index is 0.00733. The number of carboxylic acids is 1. The molecule has 0 spiro atoms. The highest BCUT2D eigenvalue weighted by molar-refractivity contribution is 8.00. The van der Waals surface area contributed by atoms with Crippen LogP contribution in [0.2, 0.25) is 0 Å². The van der Waals surface area contributed by atoms with E-state index in [4.69, 9.17) is 5.11 Å². The molecule has 0 unspecified atom stereocenters. The van der Waals surface area contributed by atoms with Gasteiger partial charge in [0.05, 0.1) is 6.42 Å². The summed E-state index contributed by atoms with van der Waals surface area (Å²) in [6.07, 6.45) is 0.130. The molecule has 2 aliphatic heterocycles. The summed E-state index contributed by atoms with van der Waals surface area (Å²) >= 11 is 5.21. The van der Waals surface area contributed by atoms with Gasteiger partial charge in [-0.1, -0.05) is 43.0 Å². The van der Waals surface area contributed by atoms with Gasteiger partial charge in [0.1, 0.15) is 23.7 Å². The molecule has 2 aromatic rings. The van der Waals surface area contributed by atoms with Crippen molar-refractivity contribution in [2.24, 2.45) is 0 Å². The molecule has 0 aliphatic carbocycles. The zero-order valence-corrected chi connectivity index (χ0v) is 17.5. The molecule has 2 aliphatic rings. The predicted molar refractivity (Wildman–Crippen MR) is 112 cm³/mol. The minimum Gasteiger partial charge on any atom is -0.480 e. The normalized spacial score (nSPS) is 20.2. The number of aliphatic carboxylic acids is 1. The second-order valence-corrected chi connectivity index (χ2v) is 8.31. The van der Waals surface area contributed by atoms with E-state index in [9.17, 15) is 19.2 Å². The number of nitrogens with zero attached hydrogens (tertiary/aromatic N) is 5. The molecule has 1 fully saturated rings. The lowest BCUT2D eigenvalue weighted by atomic mass is 10.0. The van der Waals surface area contributed by atoms with E-state index < -0.39 is 35.0 Å². The Balaban J connectivity index is 1.55. The van der Waals surface area contributed by atoms with Crippen LogP contribution in [0.3, 0.4) is 0 Å². The topological polar surface area (TPSA) is 147 Å². The van der Waals surface area contributed by atoms with Gasteiger partial charge < -0.3 is 10.4 Å². The molecule has 2 atom stereocenters. The van der Waals surface area contributed by atoms with Gasteiger partial charge in [-0.05, 0) is 16.0 Å². The number of tetrazole rings is 1. The van der Waals surface area contributed by atoms with Gasteiger partial charge in [-0.25, -0.2) is 4.68 Å². The Morgan fingerprint density at radius 2 is 2.00 bits per heavy atom. The first-order chi connectivity index (χ1) is 14.9. The number of thioether (sulfide) groups is 1. The number of thiol groups is 1. The van der Waals surface area contributed by atoms with Crippen LogP contribution >= 0.6 is 24.4 Å². The summed E-state index contributed by atoms with van der Waals surface area (Å²) in [7, 11) is 0. The number of aromatic nitrogens is 4. The van der Waals surface area contributed by atoms with E-state index in [1.54, 1.807) is 0 Å². The molecule has 1 aromatic heterocycles. The van der Waals surface area contributed by atoms with Gasteiger partial charge in [-0.15, -0.1) is 16.9 Å². The van der Waals surface area contributed by atoms with Crippen molar-refractivity contribution in [3.8, 4) is 0 Å². The van der Waals surface area contributed by atoms with Crippen LogP contribution in [0, 0.1) is 0 Å². The summed E-state index contributed by atoms with van der Waals surface area (Å²) in [5.41, 5.74) is 1.13. The SMILES string of the molecule is O=C(O)Cn1nnnc1C1=C(C(=O)S)N2C(=O)[C@@H](NC(=O)Cc3ccccc3)[C@H]2SC1. The Bertz CT molecular complexity index is 1100. The second-order valence-electron chi connectivity index (χ2n) is 6.80. The number of benzene rings is 1. The summed E-state index contributed by atoms with van der Waals surface area (Å²) in [6, 6.07) is 8.35. The molecule has 11 nitrogen and oxygen atoms in total. The number of hydrogen-bond acceptors (Lipinski definition) is 8. The average Bonchev–Trinajstić information content (AvgIpc) is 3.18. The Morgan fingerprint density at radius 3 is 2.68 bits per heavy atom. The molecule has 160 valence electrons. The zero-order chi connectivity index (χ0) is 22.1. The van der Waals surface area contributed by atoms with E-state index in [0.29, 0.717) is 5.57 Å². The number of fused-ring (bicyclic) bond motifs is 1. The van der Waals surface area contributed by atoms with Crippen LogP contribution in [0.5, 0.6) is 0 Å². The third-order valence-electron chi connectivity index (χ3n) is 4.78. The van der Waals surface area contributed by atoms with Crippen LogP contribution in [0.1, 0.15) is 11.4 Å². The van der Waals surface area contributed by atoms with Crippen molar-refractivity contribution in [2.45, 2.75) is 24.4 Å². The van der Waals surface area contributed by atoms with E-state index in [1.807, 2.05) is 30.3 Å². The third kappa shape index (κ3) is 4.05. The molecule has 31 heavy (non-hydrogen) atoms. The molecule has 3 heterocycles. The number of carboxylic acid groups (broad SMARTS) is 1. The highest BCUT2D eigenvalue weighted by Crippen LogP contribution is 2.43. The molecule has 2 amide bonds. The summed E-state index contributed by atoms with van der Waals surface area (Å²) < 4.78 is 1.04. The Morgan fingerprint density at radius 1 is 1.26 bits per heavy atom. The first kappa shape index (κ1) is 21.1. The van der Waals surface area contributed by atoms with Crippen LogP contribution in [0.4, 0.5) is 0 Å². The molecule has 0 saturated carbocycles. The van der Waals surface area contributed by atoms with Crippen molar-refractivity contribution in [2.75, 3.05) is 5.75 Å². The molecule has 4 rings (SSSR count). The van der Waals surface area contributed by atoms with Crippen molar-refractivity contribution >= 4 is 52.9 Å². The smallest absolute Gasteiger partial charge is 0.325 e. The third-order valence-corrected chi connectivity index (χ3v) is 6.27. The average molecular weight is 460 g/mol. The maximum Gasteiger partial charge on any atom is 0.325 e. The van der Waals surface area contributed by atoms with Crippen LogP contribution in [0.15, 0.2) is 36.0 Å². The lowest BCUT2D eigenvalue weighted by Crippen LogP contribution is -2.70. The van der Waals surface area contributed by atoms with Gasteiger partial charge in [0, 0.05) is 11.3 Å². The van der Waals surface area contributed by atoms with Crippen molar-refractivity contribution in [3.05, 3.63) is 47.4 Å². The Kier molecular flexibility index (Phi) is 5.78. The Labute approximate surface area is 185 Å². The largest absolute Gasteiger partial charge is 0.480 e. The number of hydrogen-bond donors (Lipinski definition) is 3. The summed E-state index contributed by atoms with van der Waals surface area (Å²) in [5, 5.41) is 21.5. The standard InChI is InChI=1S/C18H16N6O5S2/c25-11(6-9-4-2-1-3-5-9)19-13-16(28)24-14(18(29)30)10(8-31-17(13)24)15-20-21-22-23(15)7-12(26)27/h1-5,13,17H,6-8H2,(H,19,25)(H,26,27)(H,29,30)/t13-,17-/m1/s1. The highest BCUT2D eigenvalue weighted by atomic mass is 32.2. The van der Waals surface area contributed by atoms with Gasteiger partial charge >= 0.3 is 5.97 Å². The number of carbonyl (C=O) groups is 4. The minimum atomic E-state index is -1.16. The van der Waals surface area contributed by atoms with Gasteiger partial charge in [-0.2, -0.15) is 0 Å². The van der Waals surface area contributed by atoms with E-state index >= 15 is 0 Å². The lowest BCUT2D eigenvalue weighted by Gasteiger charge is -2.49. The van der Waals surface area contributed by atoms with Crippen molar-refractivity contribution in [3.63, 3.8) is 0 Å². The van der Waals surface area contributed by atoms with Crippen LogP contribution in [-0.4, -0.2) is 70.3 Å². The van der Waals surface area contributed by atoms with Gasteiger partial charge in [0.2, 0.25) is 11.0 Å². The van der Waals surface area contributed by atoms with Gasteiger partial charge in [0.25, 0.3) is 5.91 Å². The number of amides is 2. The summed E-state index contributed by atoms with van der Waals surface area (Å²) in [6.45, 7) is -0.500. The van der Waals surface area contributed by atoms with Crippen LogP contribution in [-0.2, 0) is 32.1 Å². The fraction of sp³-hybridized carbons (Fsp3) is 0.278. The van der Waals surface area contributed by atoms with Crippen molar-refractivity contribution in [1.29, 1.82) is 0 Å². The fourth-order valence-corrected chi connectivity index (χ4v) is 5.03. The fourth-order valence-electron chi connectivity index (χ4n) is 3.45. The zero-order valence-electron chi connectivity index (χ0n) is 15.8.